The van der Waals surface area contributed by atoms with E-state index in [9.17, 15) is 8.42 Å². The van der Waals surface area contributed by atoms with E-state index >= 15 is 0 Å². The molecule has 0 bridgehead atoms. The fourth-order valence-corrected chi connectivity index (χ4v) is 3.67. The third kappa shape index (κ3) is 4.54. The number of sulfone groups is 1. The van der Waals surface area contributed by atoms with Crippen molar-refractivity contribution in [3.05, 3.63) is 0 Å². The zero-order valence-corrected chi connectivity index (χ0v) is 10.8. The predicted octanol–water partition coefficient (Wildman–Crippen LogP) is 0.733. The Balaban J connectivity index is 1.72. The van der Waals surface area contributed by atoms with Crippen LogP contribution in [0.1, 0.15) is 25.7 Å². The van der Waals surface area contributed by atoms with Crippen molar-refractivity contribution in [1.29, 1.82) is 0 Å². The summed E-state index contributed by atoms with van der Waals surface area (Å²) in [5.41, 5.74) is 0. The van der Waals surface area contributed by atoms with Crippen LogP contribution in [-0.2, 0) is 24.0 Å². The molecule has 2 aliphatic heterocycles. The lowest BCUT2D eigenvalue weighted by atomic mass is 10.3. The van der Waals surface area contributed by atoms with Crippen molar-refractivity contribution >= 4 is 9.84 Å². The maximum absolute atomic E-state index is 11.8. The summed E-state index contributed by atoms with van der Waals surface area (Å²) in [5, 5.41) is 0. The Labute approximate surface area is 102 Å². The van der Waals surface area contributed by atoms with Crippen LogP contribution >= 0.6 is 0 Å². The second kappa shape index (κ2) is 6.13. The van der Waals surface area contributed by atoms with Gasteiger partial charge in [0.25, 0.3) is 0 Å². The minimum Gasteiger partial charge on any atom is -0.377 e. The van der Waals surface area contributed by atoms with Crippen molar-refractivity contribution in [2.24, 2.45) is 0 Å². The van der Waals surface area contributed by atoms with Gasteiger partial charge in [-0.1, -0.05) is 0 Å². The van der Waals surface area contributed by atoms with Gasteiger partial charge in [-0.3, -0.25) is 0 Å². The van der Waals surface area contributed by atoms with Crippen LogP contribution in [0.5, 0.6) is 0 Å². The Hall–Kier alpha value is -0.170. The van der Waals surface area contributed by atoms with Crippen LogP contribution in [0.4, 0.5) is 0 Å². The molecule has 2 fully saturated rings. The Bertz CT molecular complexity index is 315. The molecule has 0 aliphatic carbocycles. The lowest BCUT2D eigenvalue weighted by Crippen LogP contribution is -2.29. The summed E-state index contributed by atoms with van der Waals surface area (Å²) in [6, 6.07) is 0. The van der Waals surface area contributed by atoms with Gasteiger partial charge in [0.05, 0.1) is 30.8 Å². The maximum Gasteiger partial charge on any atom is 0.158 e. The van der Waals surface area contributed by atoms with E-state index < -0.39 is 9.84 Å². The normalized spacial score (nSPS) is 27.4. The van der Waals surface area contributed by atoms with Crippen LogP contribution in [0.3, 0.4) is 0 Å². The quantitative estimate of drug-likeness (QED) is 0.732. The molecule has 0 N–H and O–H groups in total. The van der Waals surface area contributed by atoms with Crippen LogP contribution in [0.15, 0.2) is 0 Å². The molecular formula is C11H20O5S. The number of hydrogen-bond donors (Lipinski definition) is 0. The van der Waals surface area contributed by atoms with Crippen LogP contribution in [-0.4, -0.2) is 52.1 Å². The molecule has 0 aromatic rings. The Morgan fingerprint density at radius 3 is 2.35 bits per heavy atom. The largest absolute Gasteiger partial charge is 0.377 e. The highest BCUT2D eigenvalue weighted by molar-refractivity contribution is 7.91. The van der Waals surface area contributed by atoms with Crippen molar-refractivity contribution < 1.29 is 22.6 Å². The first-order valence-electron chi connectivity index (χ1n) is 6.21. The zero-order valence-electron chi connectivity index (χ0n) is 9.97. The van der Waals surface area contributed by atoms with Gasteiger partial charge in [0.15, 0.2) is 16.1 Å². The molecule has 5 nitrogen and oxygen atoms in total. The van der Waals surface area contributed by atoms with Gasteiger partial charge in [0.1, 0.15) is 0 Å². The van der Waals surface area contributed by atoms with Gasteiger partial charge in [-0.2, -0.15) is 0 Å². The average Bonchev–Trinajstić information content (AvgIpc) is 2.80. The first-order chi connectivity index (χ1) is 8.16. The third-order valence-electron chi connectivity index (χ3n) is 3.02. The molecule has 6 heteroatoms. The van der Waals surface area contributed by atoms with Gasteiger partial charge in [-0.15, -0.1) is 0 Å². The van der Waals surface area contributed by atoms with Gasteiger partial charge in [-0.25, -0.2) is 8.42 Å². The number of ether oxygens (including phenoxy) is 3. The van der Waals surface area contributed by atoms with Gasteiger partial charge >= 0.3 is 0 Å². The second-order valence-electron chi connectivity index (χ2n) is 4.56. The predicted molar refractivity (Wildman–Crippen MR) is 62.6 cm³/mol. The minimum absolute atomic E-state index is 0.104. The molecule has 2 heterocycles. The van der Waals surface area contributed by atoms with Crippen molar-refractivity contribution in [2.45, 2.75) is 38.1 Å². The third-order valence-corrected chi connectivity index (χ3v) is 4.76. The standard InChI is InChI=1S/C11H20O5S/c12-17(13,9-10-3-1-5-14-10)8-4-11-15-6-2-7-16-11/h10-11H,1-9H2. The van der Waals surface area contributed by atoms with Crippen molar-refractivity contribution in [3.63, 3.8) is 0 Å². The van der Waals surface area contributed by atoms with E-state index in [1.54, 1.807) is 0 Å². The van der Waals surface area contributed by atoms with Crippen LogP contribution < -0.4 is 0 Å². The van der Waals surface area contributed by atoms with Crippen molar-refractivity contribution in [2.75, 3.05) is 31.3 Å². The van der Waals surface area contributed by atoms with E-state index in [1.165, 1.54) is 0 Å². The summed E-state index contributed by atoms with van der Waals surface area (Å²) in [5.74, 6) is 0.261. The molecule has 100 valence electrons. The van der Waals surface area contributed by atoms with Gasteiger partial charge in [0.2, 0.25) is 0 Å². The van der Waals surface area contributed by atoms with E-state index in [0.29, 0.717) is 26.2 Å². The Morgan fingerprint density at radius 2 is 1.71 bits per heavy atom. The molecule has 0 radical (unpaired) electrons. The molecule has 2 saturated heterocycles. The maximum atomic E-state index is 11.8. The molecule has 0 aromatic heterocycles. The van der Waals surface area contributed by atoms with E-state index in [-0.39, 0.29) is 23.9 Å². The monoisotopic (exact) mass is 264 g/mol. The van der Waals surface area contributed by atoms with Crippen LogP contribution in [0, 0.1) is 0 Å². The summed E-state index contributed by atoms with van der Waals surface area (Å²) < 4.78 is 39.7. The molecule has 0 amide bonds. The molecule has 2 rings (SSSR count). The summed E-state index contributed by atoms with van der Waals surface area (Å²) in [6.45, 7) is 2.02. The minimum atomic E-state index is -3.05. The highest BCUT2D eigenvalue weighted by atomic mass is 32.2. The van der Waals surface area contributed by atoms with Crippen molar-refractivity contribution in [3.8, 4) is 0 Å². The molecule has 0 spiro atoms. The highest BCUT2D eigenvalue weighted by Gasteiger charge is 2.25. The topological polar surface area (TPSA) is 61.8 Å². The fraction of sp³-hybridized carbons (Fsp3) is 1.00. The Kier molecular flexibility index (Phi) is 4.78. The fourth-order valence-electron chi connectivity index (χ4n) is 2.12. The summed E-state index contributed by atoms with van der Waals surface area (Å²) in [4.78, 5) is 0. The SMILES string of the molecule is O=S(=O)(CCC1OCCCO1)CC1CCCO1. The first kappa shape index (κ1) is 13.3. The summed E-state index contributed by atoms with van der Waals surface area (Å²) in [7, 11) is -3.05. The van der Waals surface area contributed by atoms with Crippen LogP contribution in [0.2, 0.25) is 0 Å². The molecule has 0 aromatic carbocycles. The smallest absolute Gasteiger partial charge is 0.158 e. The van der Waals surface area contributed by atoms with E-state index in [0.717, 1.165) is 19.3 Å². The lowest BCUT2D eigenvalue weighted by Gasteiger charge is -2.23. The molecule has 2 aliphatic rings. The average molecular weight is 264 g/mol. The van der Waals surface area contributed by atoms with Gasteiger partial charge in [-0.05, 0) is 19.3 Å². The number of hydrogen-bond acceptors (Lipinski definition) is 5. The first-order valence-corrected chi connectivity index (χ1v) is 8.03. The van der Waals surface area contributed by atoms with Gasteiger partial charge < -0.3 is 14.2 Å². The summed E-state index contributed by atoms with van der Waals surface area (Å²) >= 11 is 0. The molecule has 17 heavy (non-hydrogen) atoms. The molecule has 1 atom stereocenters. The van der Waals surface area contributed by atoms with Crippen molar-refractivity contribution in [1.82, 2.24) is 0 Å². The van der Waals surface area contributed by atoms with Gasteiger partial charge in [0, 0.05) is 13.0 Å². The Morgan fingerprint density at radius 1 is 1.00 bits per heavy atom. The highest BCUT2D eigenvalue weighted by Crippen LogP contribution is 2.16. The van der Waals surface area contributed by atoms with E-state index in [2.05, 4.69) is 0 Å². The number of rotatable bonds is 5. The second-order valence-corrected chi connectivity index (χ2v) is 6.79. The lowest BCUT2D eigenvalue weighted by molar-refractivity contribution is -0.178. The zero-order chi connectivity index (χ0) is 12.1. The molecule has 1 unspecified atom stereocenters. The van der Waals surface area contributed by atoms with E-state index in [1.807, 2.05) is 0 Å². The molecular weight excluding hydrogens is 244 g/mol. The van der Waals surface area contributed by atoms with Crippen LogP contribution in [0.25, 0.3) is 0 Å². The molecule has 0 saturated carbocycles. The van der Waals surface area contributed by atoms with E-state index in [4.69, 9.17) is 14.2 Å². The summed E-state index contributed by atoms with van der Waals surface area (Å²) in [6.07, 6.45) is 2.69.